The lowest BCUT2D eigenvalue weighted by molar-refractivity contribution is 0.620. The Hall–Kier alpha value is -1.73. The molecule has 2 aromatic heterocycles. The van der Waals surface area contributed by atoms with Crippen LogP contribution >= 0.6 is 27.3 Å². The van der Waals surface area contributed by atoms with Gasteiger partial charge < -0.3 is 11.1 Å². The van der Waals surface area contributed by atoms with E-state index in [1.54, 1.807) is 17.4 Å². The fraction of sp³-hybridized carbons (Fsp3) is 0.143. The molecule has 4 nitrogen and oxygen atoms in total. The maximum atomic E-state index is 13.5. The topological polar surface area (TPSA) is 63.8 Å². The van der Waals surface area contributed by atoms with E-state index in [9.17, 15) is 4.39 Å². The molecule has 0 saturated heterocycles. The molecule has 0 aliphatic carbocycles. The Morgan fingerprint density at radius 1 is 1.24 bits per heavy atom. The van der Waals surface area contributed by atoms with Crippen molar-refractivity contribution in [2.75, 3.05) is 11.1 Å². The highest BCUT2D eigenvalue weighted by Crippen LogP contribution is 2.32. The number of anilines is 3. The van der Waals surface area contributed by atoms with Crippen LogP contribution in [0.5, 0.6) is 0 Å². The number of rotatable bonds is 2. The number of fused-ring (bicyclic) bond motifs is 1. The molecule has 0 bridgehead atoms. The fourth-order valence-electron chi connectivity index (χ4n) is 2.06. The first-order valence-electron chi connectivity index (χ1n) is 6.20. The Morgan fingerprint density at radius 2 is 2.00 bits per heavy atom. The van der Waals surface area contributed by atoms with Gasteiger partial charge in [-0.1, -0.05) is 0 Å². The highest BCUT2D eigenvalue weighted by Gasteiger charge is 2.12. The predicted octanol–water partition coefficient (Wildman–Crippen LogP) is 4.54. The highest BCUT2D eigenvalue weighted by molar-refractivity contribution is 9.10. The van der Waals surface area contributed by atoms with Gasteiger partial charge in [0.25, 0.3) is 0 Å². The van der Waals surface area contributed by atoms with Gasteiger partial charge in [0.2, 0.25) is 5.95 Å². The molecule has 0 amide bonds. The number of nitrogens with two attached hydrogens (primary N) is 1. The van der Waals surface area contributed by atoms with E-state index in [4.69, 9.17) is 5.73 Å². The molecule has 1 aromatic carbocycles. The van der Waals surface area contributed by atoms with Gasteiger partial charge in [-0.3, -0.25) is 0 Å². The Balaban J connectivity index is 2.11. The summed E-state index contributed by atoms with van der Waals surface area (Å²) in [6.07, 6.45) is 0. The fourth-order valence-corrected chi connectivity index (χ4v) is 3.29. The lowest BCUT2D eigenvalue weighted by Gasteiger charge is -2.11. The van der Waals surface area contributed by atoms with Gasteiger partial charge in [-0.05, 0) is 53.5 Å². The van der Waals surface area contributed by atoms with Crippen molar-refractivity contribution in [2.45, 2.75) is 13.8 Å². The van der Waals surface area contributed by atoms with Crippen LogP contribution in [0.2, 0.25) is 0 Å². The van der Waals surface area contributed by atoms with Gasteiger partial charge in [0.1, 0.15) is 16.5 Å². The van der Waals surface area contributed by atoms with Crippen LogP contribution < -0.4 is 11.1 Å². The first-order chi connectivity index (χ1) is 9.94. The summed E-state index contributed by atoms with van der Waals surface area (Å²) in [5.41, 5.74) is 7.31. The van der Waals surface area contributed by atoms with E-state index >= 15 is 0 Å². The van der Waals surface area contributed by atoms with Crippen molar-refractivity contribution in [3.05, 3.63) is 38.9 Å². The van der Waals surface area contributed by atoms with E-state index in [2.05, 4.69) is 31.2 Å². The van der Waals surface area contributed by atoms with Crippen LogP contribution in [-0.2, 0) is 0 Å². The van der Waals surface area contributed by atoms with Crippen molar-refractivity contribution < 1.29 is 4.39 Å². The van der Waals surface area contributed by atoms with Gasteiger partial charge in [0, 0.05) is 10.6 Å². The first-order valence-corrected chi connectivity index (χ1v) is 7.81. The second-order valence-corrected chi connectivity index (χ2v) is 6.80. The molecule has 7 heteroatoms. The number of hydrogen-bond donors (Lipinski definition) is 2. The summed E-state index contributed by atoms with van der Waals surface area (Å²) in [6.45, 7) is 3.84. The van der Waals surface area contributed by atoms with Gasteiger partial charge >= 0.3 is 0 Å². The molecule has 3 aromatic rings. The maximum absolute atomic E-state index is 13.5. The summed E-state index contributed by atoms with van der Waals surface area (Å²) in [5.74, 6) is 0.547. The van der Waals surface area contributed by atoms with E-state index in [-0.39, 0.29) is 11.8 Å². The molecular weight excluding hydrogens is 355 g/mol. The minimum Gasteiger partial charge on any atom is -0.368 e. The van der Waals surface area contributed by atoms with E-state index < -0.39 is 0 Å². The quantitative estimate of drug-likeness (QED) is 0.698. The van der Waals surface area contributed by atoms with E-state index in [1.807, 2.05) is 19.9 Å². The minimum absolute atomic E-state index is 0.214. The standard InChI is InChI=1S/C14H12BrFN4S/c1-6-3-10(16)9(15)5-11(6)18-12-8-4-7(2)21-13(8)20-14(17)19-12/h3-5H,1-2H3,(H3,17,18,19,20). The van der Waals surface area contributed by atoms with E-state index in [0.717, 1.165) is 26.3 Å². The third kappa shape index (κ3) is 2.71. The second-order valence-electron chi connectivity index (χ2n) is 4.71. The number of thiophene rings is 1. The Labute approximate surface area is 133 Å². The molecule has 0 fully saturated rings. The molecule has 0 aliphatic rings. The van der Waals surface area contributed by atoms with Gasteiger partial charge in [-0.15, -0.1) is 11.3 Å². The number of nitrogen functional groups attached to an aromatic ring is 1. The number of nitrogens with zero attached hydrogens (tertiary/aromatic N) is 2. The molecule has 3 rings (SSSR count). The van der Waals surface area contributed by atoms with Crippen LogP contribution in [0.4, 0.5) is 21.8 Å². The van der Waals surface area contributed by atoms with Crippen LogP contribution in [-0.4, -0.2) is 9.97 Å². The summed E-state index contributed by atoms with van der Waals surface area (Å²) >= 11 is 4.75. The van der Waals surface area contributed by atoms with Crippen molar-refractivity contribution in [2.24, 2.45) is 0 Å². The van der Waals surface area contributed by atoms with Gasteiger partial charge in [-0.2, -0.15) is 4.98 Å². The first kappa shape index (κ1) is 14.2. The van der Waals surface area contributed by atoms with Crippen molar-refractivity contribution >= 4 is 54.9 Å². The number of hydrogen-bond acceptors (Lipinski definition) is 5. The molecule has 0 saturated carbocycles. The molecule has 0 unspecified atom stereocenters. The molecule has 2 heterocycles. The Morgan fingerprint density at radius 3 is 2.76 bits per heavy atom. The lowest BCUT2D eigenvalue weighted by atomic mass is 10.2. The summed E-state index contributed by atoms with van der Waals surface area (Å²) in [6, 6.07) is 5.16. The van der Waals surface area contributed by atoms with Crippen LogP contribution in [0.15, 0.2) is 22.7 Å². The van der Waals surface area contributed by atoms with Crippen molar-refractivity contribution in [3.8, 4) is 0 Å². The van der Waals surface area contributed by atoms with E-state index in [1.165, 1.54) is 6.07 Å². The Kier molecular flexibility index (Phi) is 3.54. The number of aryl methyl sites for hydroxylation is 2. The molecule has 21 heavy (non-hydrogen) atoms. The number of nitrogens with one attached hydrogen (secondary N) is 1. The van der Waals surface area contributed by atoms with Gasteiger partial charge in [0.05, 0.1) is 9.86 Å². The van der Waals surface area contributed by atoms with Crippen molar-refractivity contribution in [1.29, 1.82) is 0 Å². The largest absolute Gasteiger partial charge is 0.368 e. The normalized spacial score (nSPS) is 11.0. The molecule has 108 valence electrons. The molecule has 0 aliphatic heterocycles. The zero-order chi connectivity index (χ0) is 15.1. The van der Waals surface area contributed by atoms with Crippen LogP contribution in [0.1, 0.15) is 10.4 Å². The summed E-state index contributed by atoms with van der Waals surface area (Å²) in [7, 11) is 0. The summed E-state index contributed by atoms with van der Waals surface area (Å²) in [5, 5.41) is 4.13. The monoisotopic (exact) mass is 366 g/mol. The zero-order valence-corrected chi connectivity index (χ0v) is 13.8. The molecule has 0 radical (unpaired) electrons. The number of benzene rings is 1. The lowest BCUT2D eigenvalue weighted by Crippen LogP contribution is -2.01. The Bertz CT molecular complexity index is 847. The maximum Gasteiger partial charge on any atom is 0.223 e. The molecule has 3 N–H and O–H groups in total. The van der Waals surface area contributed by atoms with Gasteiger partial charge in [0.15, 0.2) is 0 Å². The smallest absolute Gasteiger partial charge is 0.223 e. The average Bonchev–Trinajstić information content (AvgIpc) is 2.76. The molecular formula is C14H12BrFN4S. The van der Waals surface area contributed by atoms with Crippen molar-refractivity contribution in [3.63, 3.8) is 0 Å². The van der Waals surface area contributed by atoms with E-state index in [0.29, 0.717) is 10.3 Å². The van der Waals surface area contributed by atoms with Crippen LogP contribution in [0, 0.1) is 19.7 Å². The molecule has 0 spiro atoms. The SMILES string of the molecule is Cc1cc2c(Nc3cc(Br)c(F)cc3C)nc(N)nc2s1. The highest BCUT2D eigenvalue weighted by atomic mass is 79.9. The third-order valence-electron chi connectivity index (χ3n) is 3.05. The van der Waals surface area contributed by atoms with Gasteiger partial charge in [-0.25, -0.2) is 9.37 Å². The average molecular weight is 367 g/mol. The minimum atomic E-state index is -0.295. The summed E-state index contributed by atoms with van der Waals surface area (Å²) < 4.78 is 13.9. The third-order valence-corrected chi connectivity index (χ3v) is 4.61. The number of aromatic nitrogens is 2. The summed E-state index contributed by atoms with van der Waals surface area (Å²) in [4.78, 5) is 10.4. The van der Waals surface area contributed by atoms with Crippen LogP contribution in [0.3, 0.4) is 0 Å². The van der Waals surface area contributed by atoms with Crippen LogP contribution in [0.25, 0.3) is 10.2 Å². The zero-order valence-electron chi connectivity index (χ0n) is 11.4. The predicted molar refractivity (Wildman–Crippen MR) is 88.7 cm³/mol. The number of halogens is 2. The molecule has 0 atom stereocenters. The van der Waals surface area contributed by atoms with Crippen molar-refractivity contribution in [1.82, 2.24) is 9.97 Å². The second kappa shape index (κ2) is 5.23.